The van der Waals surface area contributed by atoms with Crippen LogP contribution in [0.2, 0.25) is 0 Å². The number of rotatable bonds is 5. The predicted octanol–water partition coefficient (Wildman–Crippen LogP) is 4.05. The number of aromatic nitrogens is 2. The van der Waals surface area contributed by atoms with E-state index in [1.165, 1.54) is 71.6 Å². The summed E-state index contributed by atoms with van der Waals surface area (Å²) in [5.74, 6) is -1.65. The molecular weight excluding hydrogens is 458 g/mol. The summed E-state index contributed by atoms with van der Waals surface area (Å²) in [6.45, 7) is 0. The van der Waals surface area contributed by atoms with Gasteiger partial charge in [0, 0.05) is 35.4 Å². The van der Waals surface area contributed by atoms with Crippen LogP contribution in [-0.4, -0.2) is 21.4 Å². The van der Waals surface area contributed by atoms with Gasteiger partial charge in [0.25, 0.3) is 11.5 Å². The van der Waals surface area contributed by atoms with Crippen molar-refractivity contribution in [2.75, 3.05) is 10.6 Å². The van der Waals surface area contributed by atoms with Gasteiger partial charge in [-0.15, -0.1) is 0 Å². The van der Waals surface area contributed by atoms with Gasteiger partial charge in [-0.25, -0.2) is 13.8 Å². The van der Waals surface area contributed by atoms with E-state index < -0.39 is 23.1 Å². The van der Waals surface area contributed by atoms with Gasteiger partial charge in [0.05, 0.1) is 6.42 Å². The Labute approximate surface area is 196 Å². The Morgan fingerprint density at radius 2 is 1.83 bits per heavy atom. The minimum atomic E-state index is -0.762. The summed E-state index contributed by atoms with van der Waals surface area (Å²) >= 11 is 0. The lowest BCUT2D eigenvalue weighted by atomic mass is 10.2. The topological polar surface area (TPSA) is 102 Å². The van der Waals surface area contributed by atoms with E-state index in [4.69, 9.17) is 4.74 Å². The third kappa shape index (κ3) is 4.36. The minimum absolute atomic E-state index is 0.0702. The Morgan fingerprint density at radius 3 is 2.60 bits per heavy atom. The van der Waals surface area contributed by atoms with Crippen LogP contribution in [0, 0.1) is 11.6 Å². The maximum absolute atomic E-state index is 14.7. The van der Waals surface area contributed by atoms with Gasteiger partial charge in [-0.1, -0.05) is 0 Å². The molecular formula is C25H16F2N4O4. The zero-order chi connectivity index (χ0) is 24.5. The quantitative estimate of drug-likeness (QED) is 0.454. The molecule has 1 aliphatic heterocycles. The molecule has 5 rings (SSSR count). The van der Waals surface area contributed by atoms with Crippen LogP contribution in [0.5, 0.6) is 11.5 Å². The molecule has 2 aromatic carbocycles. The van der Waals surface area contributed by atoms with Gasteiger partial charge in [-0.3, -0.25) is 19.0 Å². The van der Waals surface area contributed by atoms with Crippen LogP contribution >= 0.6 is 0 Å². The zero-order valence-electron chi connectivity index (χ0n) is 17.9. The van der Waals surface area contributed by atoms with Gasteiger partial charge in [0.1, 0.15) is 22.9 Å². The SMILES string of the molecule is O=C1Cc2c(Oc3ccc(NC(=O)c4cccn(-c5ccc(F)cc5)c4=O)cc3F)ccnc2N1. The number of benzene rings is 2. The van der Waals surface area contributed by atoms with Crippen molar-refractivity contribution < 1.29 is 23.1 Å². The highest BCUT2D eigenvalue weighted by molar-refractivity contribution is 6.04. The Morgan fingerprint density at radius 1 is 1.03 bits per heavy atom. The molecule has 0 radical (unpaired) electrons. The van der Waals surface area contributed by atoms with Gasteiger partial charge < -0.3 is 15.4 Å². The number of pyridine rings is 2. The van der Waals surface area contributed by atoms with E-state index in [1.807, 2.05) is 0 Å². The molecule has 0 unspecified atom stereocenters. The number of nitrogens with zero attached hydrogens (tertiary/aromatic N) is 2. The van der Waals surface area contributed by atoms with E-state index in [9.17, 15) is 23.2 Å². The van der Waals surface area contributed by atoms with E-state index in [0.717, 1.165) is 6.07 Å². The summed E-state index contributed by atoms with van der Waals surface area (Å²) in [5, 5.41) is 5.08. The summed E-state index contributed by atoms with van der Waals surface area (Å²) < 4.78 is 34.8. The molecule has 10 heteroatoms. The predicted molar refractivity (Wildman–Crippen MR) is 123 cm³/mol. The molecule has 8 nitrogen and oxygen atoms in total. The van der Waals surface area contributed by atoms with Crippen molar-refractivity contribution in [2.45, 2.75) is 6.42 Å². The number of carbonyl (C=O) groups is 2. The molecule has 0 aliphatic carbocycles. The maximum atomic E-state index is 14.7. The van der Waals surface area contributed by atoms with Gasteiger partial charge in [0.15, 0.2) is 11.6 Å². The second-order valence-corrected chi connectivity index (χ2v) is 7.64. The van der Waals surface area contributed by atoms with Crippen LogP contribution in [0.3, 0.4) is 0 Å². The Kier molecular flexibility index (Phi) is 5.54. The third-order valence-corrected chi connectivity index (χ3v) is 5.31. The van der Waals surface area contributed by atoms with Crippen molar-refractivity contribution in [3.05, 3.63) is 106 Å². The van der Waals surface area contributed by atoms with E-state index in [2.05, 4.69) is 15.6 Å². The first-order valence-corrected chi connectivity index (χ1v) is 10.4. The monoisotopic (exact) mass is 474 g/mol. The average molecular weight is 474 g/mol. The molecule has 2 N–H and O–H groups in total. The zero-order valence-corrected chi connectivity index (χ0v) is 17.9. The van der Waals surface area contributed by atoms with Crippen molar-refractivity contribution >= 4 is 23.3 Å². The highest BCUT2D eigenvalue weighted by Gasteiger charge is 2.24. The van der Waals surface area contributed by atoms with Gasteiger partial charge >= 0.3 is 0 Å². The van der Waals surface area contributed by atoms with Crippen LogP contribution in [0.1, 0.15) is 15.9 Å². The number of amides is 2. The van der Waals surface area contributed by atoms with E-state index in [-0.39, 0.29) is 35.1 Å². The van der Waals surface area contributed by atoms with Crippen LogP contribution in [-0.2, 0) is 11.2 Å². The van der Waals surface area contributed by atoms with E-state index in [0.29, 0.717) is 17.1 Å². The Bertz CT molecular complexity index is 1530. The molecule has 2 amide bonds. The Hall–Kier alpha value is -4.86. The minimum Gasteiger partial charge on any atom is -0.454 e. The van der Waals surface area contributed by atoms with Crippen molar-refractivity contribution in [2.24, 2.45) is 0 Å². The van der Waals surface area contributed by atoms with E-state index >= 15 is 0 Å². The molecule has 4 aromatic rings. The molecule has 0 saturated carbocycles. The molecule has 1 aliphatic rings. The summed E-state index contributed by atoms with van der Waals surface area (Å²) in [4.78, 5) is 41.2. The number of anilines is 2. The summed E-state index contributed by atoms with van der Waals surface area (Å²) in [7, 11) is 0. The summed E-state index contributed by atoms with van der Waals surface area (Å²) in [5.41, 5.74) is 0.218. The number of hydrogen-bond donors (Lipinski definition) is 2. The second kappa shape index (κ2) is 8.82. The van der Waals surface area contributed by atoms with Crippen LogP contribution in [0.4, 0.5) is 20.3 Å². The number of nitrogens with one attached hydrogen (secondary N) is 2. The molecule has 0 fully saturated rings. The maximum Gasteiger partial charge on any atom is 0.267 e. The highest BCUT2D eigenvalue weighted by atomic mass is 19.1. The highest BCUT2D eigenvalue weighted by Crippen LogP contribution is 2.34. The van der Waals surface area contributed by atoms with Crippen molar-refractivity contribution in [1.29, 1.82) is 0 Å². The molecule has 2 aromatic heterocycles. The number of fused-ring (bicyclic) bond motifs is 1. The number of hydrogen-bond acceptors (Lipinski definition) is 5. The smallest absolute Gasteiger partial charge is 0.267 e. The summed E-state index contributed by atoms with van der Waals surface area (Å²) in [6, 6.07) is 13.4. The van der Waals surface area contributed by atoms with Gasteiger partial charge in [-0.05, 0) is 54.6 Å². The van der Waals surface area contributed by atoms with Gasteiger partial charge in [-0.2, -0.15) is 0 Å². The fourth-order valence-electron chi connectivity index (χ4n) is 3.64. The first kappa shape index (κ1) is 22.0. The van der Waals surface area contributed by atoms with Crippen molar-refractivity contribution in [1.82, 2.24) is 9.55 Å². The van der Waals surface area contributed by atoms with Gasteiger partial charge in [0.2, 0.25) is 5.91 Å². The lowest BCUT2D eigenvalue weighted by molar-refractivity contribution is -0.115. The molecule has 0 saturated heterocycles. The molecule has 0 atom stereocenters. The molecule has 0 spiro atoms. The normalized spacial score (nSPS) is 12.1. The fraction of sp³-hybridized carbons (Fsp3) is 0.0400. The first-order valence-electron chi connectivity index (χ1n) is 10.4. The molecule has 3 heterocycles. The van der Waals surface area contributed by atoms with Crippen LogP contribution < -0.4 is 20.9 Å². The molecule has 35 heavy (non-hydrogen) atoms. The standard InChI is InChI=1S/C25H16F2N4O4/c26-14-3-6-16(7-4-14)31-11-1-2-17(25(31)34)24(33)29-15-5-8-21(19(27)12-15)35-20-9-10-28-23-18(20)13-22(32)30-23/h1-12H,13H2,(H,29,33)(H,28,30,32). The van der Waals surface area contributed by atoms with Crippen molar-refractivity contribution in [3.8, 4) is 17.2 Å². The molecule has 0 bridgehead atoms. The van der Waals surface area contributed by atoms with E-state index in [1.54, 1.807) is 0 Å². The fourth-order valence-corrected chi connectivity index (χ4v) is 3.64. The number of halogens is 2. The first-order chi connectivity index (χ1) is 16.9. The summed E-state index contributed by atoms with van der Waals surface area (Å²) in [6.07, 6.45) is 2.96. The lowest BCUT2D eigenvalue weighted by Crippen LogP contribution is -2.27. The number of ether oxygens (including phenoxy) is 1. The molecule has 174 valence electrons. The number of carbonyl (C=O) groups excluding carboxylic acids is 2. The largest absolute Gasteiger partial charge is 0.454 e. The average Bonchev–Trinajstić information content (AvgIpc) is 3.23. The second-order valence-electron chi connectivity index (χ2n) is 7.64. The van der Waals surface area contributed by atoms with Crippen molar-refractivity contribution in [3.63, 3.8) is 0 Å². The lowest BCUT2D eigenvalue weighted by Gasteiger charge is -2.12. The van der Waals surface area contributed by atoms with Crippen LogP contribution in [0.15, 0.2) is 77.9 Å². The third-order valence-electron chi connectivity index (χ3n) is 5.31. The Balaban J connectivity index is 1.35. The van der Waals surface area contributed by atoms with Crippen LogP contribution in [0.25, 0.3) is 5.69 Å².